The summed E-state index contributed by atoms with van der Waals surface area (Å²) >= 11 is 6.67. The molecule has 2 fully saturated rings. The van der Waals surface area contributed by atoms with Crippen molar-refractivity contribution in [3.8, 4) is 28.3 Å². The second kappa shape index (κ2) is 11.5. The number of nitrogens with zero attached hydrogens (tertiary/aromatic N) is 1. The highest BCUT2D eigenvalue weighted by atomic mass is 35.5. The molecule has 2 aliphatic rings. The van der Waals surface area contributed by atoms with E-state index in [1.165, 1.54) is 0 Å². The highest BCUT2D eigenvalue weighted by Gasteiger charge is 2.48. The van der Waals surface area contributed by atoms with E-state index in [4.69, 9.17) is 25.8 Å². The number of nitrogens with one attached hydrogen (secondary N) is 2. The number of hydrogen-bond acceptors (Lipinski definition) is 8. The van der Waals surface area contributed by atoms with Crippen molar-refractivity contribution in [2.75, 3.05) is 19.8 Å². The second-order valence-electron chi connectivity index (χ2n) is 10.4. The Morgan fingerprint density at radius 3 is 2.40 bits per heavy atom. The van der Waals surface area contributed by atoms with Gasteiger partial charge in [0.15, 0.2) is 6.10 Å². The van der Waals surface area contributed by atoms with Crippen LogP contribution in [0.2, 0.25) is 5.02 Å². The number of H-pyrrole nitrogens is 1. The van der Waals surface area contributed by atoms with Crippen molar-refractivity contribution in [2.24, 2.45) is 0 Å². The van der Waals surface area contributed by atoms with Crippen molar-refractivity contribution < 1.29 is 29.5 Å². The van der Waals surface area contributed by atoms with Gasteiger partial charge in [-0.05, 0) is 41.3 Å². The van der Waals surface area contributed by atoms with E-state index in [1.807, 2.05) is 36.4 Å². The van der Waals surface area contributed by atoms with Gasteiger partial charge in [0.2, 0.25) is 0 Å². The van der Waals surface area contributed by atoms with Crippen LogP contribution in [0.15, 0.2) is 60.7 Å². The van der Waals surface area contributed by atoms with E-state index in [0.717, 1.165) is 38.9 Å². The average Bonchev–Trinajstić information content (AvgIpc) is 3.65. The van der Waals surface area contributed by atoms with Gasteiger partial charge in [-0.1, -0.05) is 60.1 Å². The smallest absolute Gasteiger partial charge is 0.295 e. The summed E-state index contributed by atoms with van der Waals surface area (Å²) in [5.41, 5.74) is 6.54. The van der Waals surface area contributed by atoms with Crippen LogP contribution in [0.1, 0.15) is 12.5 Å². The van der Waals surface area contributed by atoms with Gasteiger partial charge in [-0.25, -0.2) is 0 Å². The lowest BCUT2D eigenvalue weighted by Crippen LogP contribution is -2.40. The molecule has 0 unspecified atom stereocenters. The van der Waals surface area contributed by atoms with Crippen molar-refractivity contribution in [2.45, 2.75) is 50.0 Å². The lowest BCUT2D eigenvalue weighted by atomic mass is 9.99. The molecule has 1 aromatic heterocycles. The quantitative estimate of drug-likeness (QED) is 0.209. The summed E-state index contributed by atoms with van der Waals surface area (Å²) in [5, 5.41) is 32.8. The maximum absolute atomic E-state index is 9.96. The molecule has 2 aliphatic heterocycles. The normalized spacial score (nSPS) is 23.8. The van der Waals surface area contributed by atoms with Crippen LogP contribution in [0, 0.1) is 0 Å². The third-order valence-corrected chi connectivity index (χ3v) is 7.94. The van der Waals surface area contributed by atoms with Crippen molar-refractivity contribution in [3.63, 3.8) is 0 Å². The number of aliphatic hydroxyl groups is 3. The first-order valence-corrected chi connectivity index (χ1v) is 13.8. The molecule has 3 heterocycles. The summed E-state index contributed by atoms with van der Waals surface area (Å²) in [7, 11) is 0. The van der Waals surface area contributed by atoms with Gasteiger partial charge in [-0.3, -0.25) is 0 Å². The Bertz CT molecular complexity index is 1460. The van der Waals surface area contributed by atoms with Crippen LogP contribution < -0.4 is 10.1 Å². The Morgan fingerprint density at radius 2 is 1.70 bits per heavy atom. The van der Waals surface area contributed by atoms with E-state index in [1.54, 1.807) is 6.92 Å². The molecule has 4 aromatic rings. The molecule has 9 nitrogen and oxygen atoms in total. The number of rotatable bonds is 9. The molecular weight excluding hydrogens is 534 g/mol. The van der Waals surface area contributed by atoms with E-state index in [0.29, 0.717) is 24.2 Å². The number of benzene rings is 3. The number of imidazole rings is 1. The number of ether oxygens (including phenoxy) is 3. The van der Waals surface area contributed by atoms with Crippen LogP contribution in [0.3, 0.4) is 0 Å². The summed E-state index contributed by atoms with van der Waals surface area (Å²) in [6.07, 6.45) is -2.29. The average molecular weight is 566 g/mol. The molecule has 10 heteroatoms. The van der Waals surface area contributed by atoms with Gasteiger partial charge in [-0.2, -0.15) is 4.98 Å². The molecule has 0 bridgehead atoms. The number of aromatic nitrogens is 2. The zero-order chi connectivity index (χ0) is 27.8. The standard InChI is InChI=1S/C30H32ClN3O6/c1-16(36)25(13-35)32-12-17-2-4-18(5-3-17)19-6-8-20(9-7-19)21-10-23-24(11-22(21)31)34-30(33-23)40-27-15-39-28-26(37)14-38-29(27)28/h2-11,16,25-29,32,35-37H,12-15H2,1H3,(H,33,34)/t16-,25-,26-,27-,28-,29-/m1/s1. The van der Waals surface area contributed by atoms with E-state index in [2.05, 4.69) is 39.6 Å². The first kappa shape index (κ1) is 27.2. The van der Waals surface area contributed by atoms with Gasteiger partial charge >= 0.3 is 0 Å². The molecule has 0 radical (unpaired) electrons. The SMILES string of the molecule is C[C@@H](O)[C@@H](CO)NCc1ccc(-c2ccc(-c3cc4nc(O[C@@H]5CO[C@H]6[C@@H]5OC[C@H]6O)[nH]c4cc3Cl)cc2)cc1. The first-order chi connectivity index (χ1) is 19.4. The van der Waals surface area contributed by atoms with Gasteiger partial charge in [0, 0.05) is 12.1 Å². The number of halogens is 1. The topological polar surface area (TPSA) is 129 Å². The predicted octanol–water partition coefficient (Wildman–Crippen LogP) is 3.29. The largest absolute Gasteiger partial charge is 0.456 e. The predicted molar refractivity (Wildman–Crippen MR) is 151 cm³/mol. The minimum absolute atomic E-state index is 0.119. The molecule has 2 saturated heterocycles. The van der Waals surface area contributed by atoms with Crippen LogP contribution in [0.25, 0.3) is 33.3 Å². The molecule has 5 N–H and O–H groups in total. The summed E-state index contributed by atoms with van der Waals surface area (Å²) in [4.78, 5) is 7.78. The molecule has 0 aliphatic carbocycles. The number of fused-ring (bicyclic) bond motifs is 2. The third kappa shape index (κ3) is 5.46. The molecule has 6 rings (SSSR count). The lowest BCUT2D eigenvalue weighted by Gasteiger charge is -2.19. The van der Waals surface area contributed by atoms with Crippen LogP contribution in [-0.4, -0.2) is 81.7 Å². The lowest BCUT2D eigenvalue weighted by molar-refractivity contribution is 0.00706. The Labute approximate surface area is 236 Å². The number of hydrogen-bond donors (Lipinski definition) is 5. The molecule has 40 heavy (non-hydrogen) atoms. The molecule has 6 atom stereocenters. The van der Waals surface area contributed by atoms with Gasteiger partial charge in [0.1, 0.15) is 18.3 Å². The highest BCUT2D eigenvalue weighted by Crippen LogP contribution is 2.35. The zero-order valence-electron chi connectivity index (χ0n) is 22.0. The Balaban J connectivity index is 1.14. The number of aromatic amines is 1. The molecular formula is C30H32ClN3O6. The summed E-state index contributed by atoms with van der Waals surface area (Å²) < 4.78 is 17.3. The van der Waals surface area contributed by atoms with Crippen LogP contribution in [0.5, 0.6) is 6.01 Å². The van der Waals surface area contributed by atoms with Crippen LogP contribution in [0.4, 0.5) is 0 Å². The number of aliphatic hydroxyl groups excluding tert-OH is 3. The Hall–Kier alpha value is -3.02. The molecule has 0 amide bonds. The van der Waals surface area contributed by atoms with E-state index in [9.17, 15) is 15.3 Å². The van der Waals surface area contributed by atoms with Crippen molar-refractivity contribution in [1.29, 1.82) is 0 Å². The van der Waals surface area contributed by atoms with Crippen molar-refractivity contribution in [3.05, 3.63) is 71.2 Å². The van der Waals surface area contributed by atoms with Crippen LogP contribution >= 0.6 is 11.6 Å². The Morgan fingerprint density at radius 1 is 1.02 bits per heavy atom. The van der Waals surface area contributed by atoms with Gasteiger partial charge in [-0.15, -0.1) is 0 Å². The first-order valence-electron chi connectivity index (χ1n) is 13.4. The van der Waals surface area contributed by atoms with Crippen LogP contribution in [-0.2, 0) is 16.0 Å². The van der Waals surface area contributed by atoms with Crippen molar-refractivity contribution in [1.82, 2.24) is 15.3 Å². The van der Waals surface area contributed by atoms with Crippen molar-refractivity contribution >= 4 is 22.6 Å². The summed E-state index contributed by atoms with van der Waals surface area (Å²) in [6, 6.07) is 20.2. The van der Waals surface area contributed by atoms with E-state index < -0.39 is 12.2 Å². The van der Waals surface area contributed by atoms with Gasteiger partial charge < -0.3 is 39.8 Å². The van der Waals surface area contributed by atoms with E-state index >= 15 is 0 Å². The minimum atomic E-state index is -0.634. The minimum Gasteiger partial charge on any atom is -0.456 e. The fraction of sp³-hybridized carbons (Fsp3) is 0.367. The maximum atomic E-state index is 9.96. The third-order valence-electron chi connectivity index (χ3n) is 7.62. The maximum Gasteiger partial charge on any atom is 0.295 e. The zero-order valence-corrected chi connectivity index (χ0v) is 22.7. The van der Waals surface area contributed by atoms with Gasteiger partial charge in [0.05, 0.1) is 48.0 Å². The monoisotopic (exact) mass is 565 g/mol. The molecule has 0 spiro atoms. The highest BCUT2D eigenvalue weighted by molar-refractivity contribution is 6.34. The van der Waals surface area contributed by atoms with Gasteiger partial charge in [0.25, 0.3) is 6.01 Å². The molecule has 210 valence electrons. The van der Waals surface area contributed by atoms with E-state index in [-0.39, 0.29) is 37.6 Å². The molecule has 3 aromatic carbocycles. The second-order valence-corrected chi connectivity index (χ2v) is 10.8. The fourth-order valence-corrected chi connectivity index (χ4v) is 5.54. The summed E-state index contributed by atoms with van der Waals surface area (Å²) in [6.45, 7) is 2.67. The molecule has 0 saturated carbocycles. The summed E-state index contributed by atoms with van der Waals surface area (Å²) in [5.74, 6) is 0. The Kier molecular flexibility index (Phi) is 7.78. The fourth-order valence-electron chi connectivity index (χ4n) is 5.27.